The van der Waals surface area contributed by atoms with Gasteiger partial charge in [0.1, 0.15) is 5.82 Å². The number of aromatic amines is 1. The molecule has 0 bridgehead atoms. The molecule has 1 aliphatic rings. The van der Waals surface area contributed by atoms with Gasteiger partial charge in [0.15, 0.2) is 5.57 Å². The summed E-state index contributed by atoms with van der Waals surface area (Å²) in [6.07, 6.45) is 1.29. The predicted octanol–water partition coefficient (Wildman–Crippen LogP) is 2.83. The van der Waals surface area contributed by atoms with Gasteiger partial charge in [-0.15, -0.1) is 0 Å². The smallest absolute Gasteiger partial charge is 0.350 e. The zero-order valence-corrected chi connectivity index (χ0v) is 14.5. The molecule has 3 rings (SSSR count). The van der Waals surface area contributed by atoms with Crippen molar-refractivity contribution in [1.29, 1.82) is 0 Å². The molecule has 0 radical (unpaired) electrons. The molecule has 25 heavy (non-hydrogen) atoms. The third-order valence-electron chi connectivity index (χ3n) is 3.76. The molecule has 0 aliphatic carbocycles. The number of carbonyl (C=O) groups excluding carboxylic acids is 2. The summed E-state index contributed by atoms with van der Waals surface area (Å²) in [6.45, 7) is 6.90. The maximum absolute atomic E-state index is 11.9. The fourth-order valence-electron chi connectivity index (χ4n) is 2.37. The second kappa shape index (κ2) is 6.08. The minimum Gasteiger partial charge on any atom is -0.419 e. The molecule has 2 heterocycles. The van der Waals surface area contributed by atoms with E-state index in [1.165, 1.54) is 20.0 Å². The average molecular weight is 341 g/mol. The van der Waals surface area contributed by atoms with Crippen LogP contribution in [0.5, 0.6) is 0 Å². The Morgan fingerprint density at radius 3 is 2.44 bits per heavy atom. The first-order chi connectivity index (χ1) is 11.7. The third-order valence-corrected chi connectivity index (χ3v) is 3.76. The monoisotopic (exact) mass is 341 g/mol. The molecule has 7 heteroatoms. The van der Waals surface area contributed by atoms with Crippen LogP contribution >= 0.6 is 0 Å². The first kappa shape index (κ1) is 16.8. The van der Waals surface area contributed by atoms with Gasteiger partial charge >= 0.3 is 11.9 Å². The molecule has 1 aromatic heterocycles. The number of anilines is 1. The first-order valence-corrected chi connectivity index (χ1v) is 7.82. The number of hydrogen-bond acceptors (Lipinski definition) is 6. The summed E-state index contributed by atoms with van der Waals surface area (Å²) in [6, 6.07) is 7.44. The molecule has 0 saturated carbocycles. The van der Waals surface area contributed by atoms with Crippen molar-refractivity contribution in [2.24, 2.45) is 0 Å². The largest absolute Gasteiger partial charge is 0.419 e. The van der Waals surface area contributed by atoms with E-state index < -0.39 is 17.7 Å². The predicted molar refractivity (Wildman–Crippen MR) is 91.5 cm³/mol. The maximum atomic E-state index is 11.9. The molecule has 1 aromatic carbocycles. The van der Waals surface area contributed by atoms with Crippen molar-refractivity contribution in [2.45, 2.75) is 33.5 Å². The summed E-state index contributed by atoms with van der Waals surface area (Å²) >= 11 is 0. The fraction of sp³-hybridized carbons (Fsp3) is 0.278. The quantitative estimate of drug-likeness (QED) is 0.506. The number of aromatic nitrogens is 2. The Balaban J connectivity index is 1.81. The number of benzene rings is 1. The SMILES string of the molecule is Cc1nc(-c2cccc(NC=C3C(=O)OC(C)(C)OC3=O)c2)[nH]c1C. The summed E-state index contributed by atoms with van der Waals surface area (Å²) in [7, 11) is 0. The summed E-state index contributed by atoms with van der Waals surface area (Å²) in [5, 5.41) is 2.93. The van der Waals surface area contributed by atoms with Gasteiger partial charge in [0.25, 0.3) is 5.79 Å². The zero-order valence-electron chi connectivity index (χ0n) is 14.5. The number of imidazole rings is 1. The second-order valence-electron chi connectivity index (χ2n) is 6.26. The van der Waals surface area contributed by atoms with Crippen molar-refractivity contribution in [1.82, 2.24) is 9.97 Å². The highest BCUT2D eigenvalue weighted by atomic mass is 16.7. The number of aryl methyl sites for hydroxylation is 2. The molecular weight excluding hydrogens is 322 g/mol. The molecule has 2 N–H and O–H groups in total. The van der Waals surface area contributed by atoms with Gasteiger partial charge in [-0.1, -0.05) is 12.1 Å². The molecule has 1 fully saturated rings. The van der Waals surface area contributed by atoms with Crippen LogP contribution in [0.2, 0.25) is 0 Å². The molecule has 2 aromatic rings. The Morgan fingerprint density at radius 1 is 1.16 bits per heavy atom. The minimum absolute atomic E-state index is 0.186. The van der Waals surface area contributed by atoms with E-state index in [0.717, 1.165) is 22.8 Å². The van der Waals surface area contributed by atoms with Crippen molar-refractivity contribution in [2.75, 3.05) is 5.32 Å². The molecule has 0 unspecified atom stereocenters. The van der Waals surface area contributed by atoms with Crippen LogP contribution < -0.4 is 5.32 Å². The van der Waals surface area contributed by atoms with Crippen LogP contribution in [0.3, 0.4) is 0 Å². The van der Waals surface area contributed by atoms with E-state index in [1.54, 1.807) is 0 Å². The van der Waals surface area contributed by atoms with Crippen molar-refractivity contribution < 1.29 is 19.1 Å². The molecule has 1 aliphatic heterocycles. The first-order valence-electron chi connectivity index (χ1n) is 7.82. The van der Waals surface area contributed by atoms with Crippen LogP contribution in [0.15, 0.2) is 36.0 Å². The summed E-state index contributed by atoms with van der Waals surface area (Å²) in [5.74, 6) is -1.94. The maximum Gasteiger partial charge on any atom is 0.350 e. The normalized spacial score (nSPS) is 16.2. The Kier molecular flexibility index (Phi) is 4.08. The van der Waals surface area contributed by atoms with Gasteiger partial charge in [0.2, 0.25) is 0 Å². The number of esters is 2. The standard InChI is InChI=1S/C18H19N3O4/c1-10-11(2)21-15(20-10)12-6-5-7-13(8-12)19-9-14-16(22)24-18(3,4)25-17(14)23/h5-9,19H,1-4H3,(H,20,21). The van der Waals surface area contributed by atoms with E-state index in [2.05, 4.69) is 15.3 Å². The molecule has 130 valence electrons. The van der Waals surface area contributed by atoms with E-state index in [0.29, 0.717) is 5.69 Å². The highest BCUT2D eigenvalue weighted by molar-refractivity contribution is 6.15. The van der Waals surface area contributed by atoms with Gasteiger partial charge < -0.3 is 19.8 Å². The third kappa shape index (κ3) is 3.55. The number of H-pyrrole nitrogens is 1. The Morgan fingerprint density at radius 2 is 1.84 bits per heavy atom. The molecule has 7 nitrogen and oxygen atoms in total. The van der Waals surface area contributed by atoms with Gasteiger partial charge in [-0.05, 0) is 26.0 Å². The van der Waals surface area contributed by atoms with Crippen LogP contribution in [0, 0.1) is 13.8 Å². The number of cyclic esters (lactones) is 2. The van der Waals surface area contributed by atoms with Crippen LogP contribution in [-0.4, -0.2) is 27.7 Å². The Hall–Kier alpha value is -3.09. The summed E-state index contributed by atoms with van der Waals surface area (Å²) < 4.78 is 10.1. The molecular formula is C18H19N3O4. The van der Waals surface area contributed by atoms with Crippen LogP contribution in [0.4, 0.5) is 5.69 Å². The lowest BCUT2D eigenvalue weighted by atomic mass is 10.2. The van der Waals surface area contributed by atoms with Crippen LogP contribution in [0.25, 0.3) is 11.4 Å². The lowest BCUT2D eigenvalue weighted by Gasteiger charge is -2.29. The van der Waals surface area contributed by atoms with Gasteiger partial charge in [0, 0.05) is 37.0 Å². The Labute approximate surface area is 145 Å². The van der Waals surface area contributed by atoms with E-state index in [1.807, 2.05) is 38.1 Å². The number of nitrogens with zero attached hydrogens (tertiary/aromatic N) is 1. The van der Waals surface area contributed by atoms with Crippen molar-refractivity contribution >= 4 is 17.6 Å². The van der Waals surface area contributed by atoms with Gasteiger partial charge in [-0.2, -0.15) is 0 Å². The van der Waals surface area contributed by atoms with Crippen molar-refractivity contribution in [3.63, 3.8) is 0 Å². The molecule has 0 amide bonds. The summed E-state index contributed by atoms with van der Waals surface area (Å²) in [5.41, 5.74) is 3.34. The second-order valence-corrected chi connectivity index (χ2v) is 6.26. The highest BCUT2D eigenvalue weighted by Crippen LogP contribution is 2.24. The Bertz CT molecular complexity index is 839. The fourth-order valence-corrected chi connectivity index (χ4v) is 2.37. The van der Waals surface area contributed by atoms with Crippen LogP contribution in [-0.2, 0) is 19.1 Å². The number of nitrogens with one attached hydrogen (secondary N) is 2. The van der Waals surface area contributed by atoms with Gasteiger partial charge in [-0.3, -0.25) is 0 Å². The van der Waals surface area contributed by atoms with E-state index >= 15 is 0 Å². The van der Waals surface area contributed by atoms with Crippen molar-refractivity contribution in [3.8, 4) is 11.4 Å². The van der Waals surface area contributed by atoms with Gasteiger partial charge in [0.05, 0.1) is 5.69 Å². The van der Waals surface area contributed by atoms with Crippen LogP contribution in [0.1, 0.15) is 25.2 Å². The highest BCUT2D eigenvalue weighted by Gasteiger charge is 2.38. The topological polar surface area (TPSA) is 93.3 Å². The average Bonchev–Trinajstić information content (AvgIpc) is 2.85. The molecule has 0 atom stereocenters. The minimum atomic E-state index is -1.25. The lowest BCUT2D eigenvalue weighted by molar-refractivity contribution is -0.222. The number of hydrogen-bond donors (Lipinski definition) is 2. The number of ether oxygens (including phenoxy) is 2. The molecule has 1 saturated heterocycles. The van der Waals surface area contributed by atoms with Crippen molar-refractivity contribution in [3.05, 3.63) is 47.4 Å². The van der Waals surface area contributed by atoms with E-state index in [4.69, 9.17) is 9.47 Å². The van der Waals surface area contributed by atoms with E-state index in [-0.39, 0.29) is 5.57 Å². The zero-order chi connectivity index (χ0) is 18.2. The number of rotatable bonds is 3. The van der Waals surface area contributed by atoms with E-state index in [9.17, 15) is 9.59 Å². The lowest BCUT2D eigenvalue weighted by Crippen LogP contribution is -2.42. The van der Waals surface area contributed by atoms with Gasteiger partial charge in [-0.25, -0.2) is 14.6 Å². The summed E-state index contributed by atoms with van der Waals surface area (Å²) in [4.78, 5) is 31.5. The molecule has 0 spiro atoms. The number of carbonyl (C=O) groups is 2.